The second-order valence-electron chi connectivity index (χ2n) is 4.68. The van der Waals surface area contributed by atoms with E-state index in [0.717, 1.165) is 22.4 Å². The molecule has 1 N–H and O–H groups in total. The van der Waals surface area contributed by atoms with Crippen LogP contribution in [0, 0.1) is 13.8 Å². The van der Waals surface area contributed by atoms with Gasteiger partial charge in [0, 0.05) is 19.0 Å². The number of carbonyl (C=O) groups excluding carboxylic acids is 2. The Morgan fingerprint density at radius 3 is 2.50 bits per heavy atom. The fourth-order valence-corrected chi connectivity index (χ4v) is 2.58. The molecule has 0 bridgehead atoms. The highest BCUT2D eigenvalue weighted by Gasteiger charge is 2.38. The number of anilines is 1. The van der Waals surface area contributed by atoms with Crippen molar-refractivity contribution in [1.82, 2.24) is 5.32 Å². The molecule has 0 radical (unpaired) electrons. The number of aryl methyl sites for hydroxylation is 2. The summed E-state index contributed by atoms with van der Waals surface area (Å²) in [5, 5.41) is 2.75. The molecule has 1 aliphatic heterocycles. The van der Waals surface area contributed by atoms with Crippen molar-refractivity contribution in [3.05, 3.63) is 28.8 Å². The van der Waals surface area contributed by atoms with Crippen LogP contribution in [0.1, 0.15) is 36.6 Å². The average molecular weight is 246 g/mol. The third-order valence-corrected chi connectivity index (χ3v) is 3.37. The number of nitrogens with one attached hydrogen (secondary N) is 1. The van der Waals surface area contributed by atoms with Gasteiger partial charge in [-0.15, -0.1) is 0 Å². The molecular weight excluding hydrogens is 228 g/mol. The van der Waals surface area contributed by atoms with Gasteiger partial charge in [0.2, 0.25) is 5.91 Å². The Balaban J connectivity index is 2.60. The van der Waals surface area contributed by atoms with Crippen LogP contribution >= 0.6 is 0 Å². The fourth-order valence-electron chi connectivity index (χ4n) is 2.58. The first-order valence-corrected chi connectivity index (χ1v) is 6.16. The van der Waals surface area contributed by atoms with Crippen molar-refractivity contribution in [2.24, 2.45) is 0 Å². The van der Waals surface area contributed by atoms with Gasteiger partial charge in [0.15, 0.2) is 0 Å². The molecule has 0 fully saturated rings. The van der Waals surface area contributed by atoms with E-state index in [1.807, 2.05) is 32.9 Å². The zero-order chi connectivity index (χ0) is 13.4. The van der Waals surface area contributed by atoms with Crippen LogP contribution in [0.3, 0.4) is 0 Å². The van der Waals surface area contributed by atoms with Crippen LogP contribution in [0.4, 0.5) is 5.69 Å². The Morgan fingerprint density at radius 2 is 1.94 bits per heavy atom. The summed E-state index contributed by atoms with van der Waals surface area (Å²) in [4.78, 5) is 25.4. The van der Waals surface area contributed by atoms with Crippen molar-refractivity contribution in [3.63, 3.8) is 0 Å². The molecule has 0 spiro atoms. The largest absolute Gasteiger partial charge is 0.341 e. The lowest BCUT2D eigenvalue weighted by molar-refractivity contribution is -0.126. The number of amides is 2. The smallest absolute Gasteiger partial charge is 0.254 e. The van der Waals surface area contributed by atoms with Crippen molar-refractivity contribution in [1.29, 1.82) is 0 Å². The average Bonchev–Trinajstić information content (AvgIpc) is 2.58. The molecule has 1 heterocycles. The van der Waals surface area contributed by atoms with Gasteiger partial charge < -0.3 is 10.2 Å². The monoisotopic (exact) mass is 246 g/mol. The maximum atomic E-state index is 12.3. The van der Waals surface area contributed by atoms with Gasteiger partial charge in [0.1, 0.15) is 6.04 Å². The Kier molecular flexibility index (Phi) is 3.11. The minimum atomic E-state index is -0.530. The number of likely N-dealkylation sites (N-methyl/N-ethyl adjacent to an activating group) is 1. The van der Waals surface area contributed by atoms with E-state index in [2.05, 4.69) is 5.32 Å². The SMILES string of the molecule is CCN1C(=O)C(NC(C)=O)c2c(C)ccc(C)c21. The van der Waals surface area contributed by atoms with Crippen molar-refractivity contribution in [2.45, 2.75) is 33.7 Å². The zero-order valence-electron chi connectivity index (χ0n) is 11.2. The maximum Gasteiger partial charge on any atom is 0.254 e. The number of hydrogen-bond donors (Lipinski definition) is 1. The standard InChI is InChI=1S/C14H18N2O2/c1-5-16-13-9(3)7-6-8(2)11(13)12(14(16)18)15-10(4)17/h6-7,12H,5H2,1-4H3,(H,15,17). The van der Waals surface area contributed by atoms with Gasteiger partial charge in [-0.05, 0) is 31.9 Å². The molecular formula is C14H18N2O2. The second-order valence-corrected chi connectivity index (χ2v) is 4.68. The summed E-state index contributed by atoms with van der Waals surface area (Å²) in [5.41, 5.74) is 4.01. The van der Waals surface area contributed by atoms with Crippen LogP contribution in [0.2, 0.25) is 0 Å². The number of benzene rings is 1. The van der Waals surface area contributed by atoms with Crippen LogP contribution in [0.25, 0.3) is 0 Å². The number of fused-ring (bicyclic) bond motifs is 1. The molecule has 0 saturated carbocycles. The second kappa shape index (κ2) is 4.44. The molecule has 1 aliphatic rings. The van der Waals surface area contributed by atoms with Crippen LogP contribution in [-0.2, 0) is 9.59 Å². The molecule has 1 aromatic carbocycles. The van der Waals surface area contributed by atoms with Crippen molar-refractivity contribution < 1.29 is 9.59 Å². The van der Waals surface area contributed by atoms with Gasteiger partial charge in [-0.2, -0.15) is 0 Å². The lowest BCUT2D eigenvalue weighted by Gasteiger charge is -2.17. The number of hydrogen-bond acceptors (Lipinski definition) is 2. The Labute approximate surface area is 107 Å². The molecule has 2 amide bonds. The number of nitrogens with zero attached hydrogens (tertiary/aromatic N) is 1. The summed E-state index contributed by atoms with van der Waals surface area (Å²) in [6.07, 6.45) is 0. The Bertz CT molecular complexity index is 523. The topological polar surface area (TPSA) is 49.4 Å². The summed E-state index contributed by atoms with van der Waals surface area (Å²) in [6, 6.07) is 3.48. The minimum absolute atomic E-state index is 0.0416. The Hall–Kier alpha value is -1.84. The molecule has 0 saturated heterocycles. The van der Waals surface area contributed by atoms with Gasteiger partial charge in [-0.3, -0.25) is 9.59 Å². The highest BCUT2D eigenvalue weighted by atomic mass is 16.2. The van der Waals surface area contributed by atoms with Gasteiger partial charge in [0.05, 0.1) is 5.69 Å². The van der Waals surface area contributed by atoms with Crippen LogP contribution in [0.5, 0.6) is 0 Å². The molecule has 2 rings (SSSR count). The minimum Gasteiger partial charge on any atom is -0.341 e. The first-order chi connectivity index (χ1) is 8.47. The third kappa shape index (κ3) is 1.78. The van der Waals surface area contributed by atoms with E-state index in [-0.39, 0.29) is 11.8 Å². The molecule has 0 aliphatic carbocycles. The third-order valence-electron chi connectivity index (χ3n) is 3.37. The summed E-state index contributed by atoms with van der Waals surface area (Å²) >= 11 is 0. The predicted octanol–water partition coefficient (Wildman–Crippen LogP) is 1.85. The van der Waals surface area contributed by atoms with E-state index in [9.17, 15) is 9.59 Å². The van der Waals surface area contributed by atoms with Gasteiger partial charge in [-0.25, -0.2) is 0 Å². The molecule has 4 nitrogen and oxygen atoms in total. The number of rotatable bonds is 2. The molecule has 18 heavy (non-hydrogen) atoms. The molecule has 96 valence electrons. The summed E-state index contributed by atoms with van der Waals surface area (Å²) in [5.74, 6) is -0.224. The molecule has 4 heteroatoms. The van der Waals surface area contributed by atoms with E-state index >= 15 is 0 Å². The first kappa shape index (κ1) is 12.6. The molecule has 1 atom stereocenters. The van der Waals surface area contributed by atoms with E-state index in [4.69, 9.17) is 0 Å². The first-order valence-electron chi connectivity index (χ1n) is 6.16. The van der Waals surface area contributed by atoms with Crippen molar-refractivity contribution in [2.75, 3.05) is 11.4 Å². The summed E-state index contributed by atoms with van der Waals surface area (Å²) in [6.45, 7) is 7.96. The highest BCUT2D eigenvalue weighted by Crippen LogP contribution is 2.40. The lowest BCUT2D eigenvalue weighted by atomic mass is 9.99. The van der Waals surface area contributed by atoms with Gasteiger partial charge in [0.25, 0.3) is 5.91 Å². The van der Waals surface area contributed by atoms with E-state index in [1.165, 1.54) is 6.92 Å². The molecule has 1 aromatic rings. The summed E-state index contributed by atoms with van der Waals surface area (Å²) < 4.78 is 0. The van der Waals surface area contributed by atoms with Crippen molar-refractivity contribution in [3.8, 4) is 0 Å². The van der Waals surface area contributed by atoms with E-state index in [0.29, 0.717) is 6.54 Å². The normalized spacial score (nSPS) is 17.9. The predicted molar refractivity (Wildman–Crippen MR) is 70.5 cm³/mol. The zero-order valence-corrected chi connectivity index (χ0v) is 11.2. The van der Waals surface area contributed by atoms with Crippen LogP contribution in [-0.4, -0.2) is 18.4 Å². The van der Waals surface area contributed by atoms with E-state index < -0.39 is 6.04 Å². The quantitative estimate of drug-likeness (QED) is 0.865. The maximum absolute atomic E-state index is 12.3. The van der Waals surface area contributed by atoms with Crippen LogP contribution in [0.15, 0.2) is 12.1 Å². The molecule has 0 aromatic heterocycles. The van der Waals surface area contributed by atoms with Gasteiger partial charge in [-0.1, -0.05) is 12.1 Å². The summed E-state index contributed by atoms with van der Waals surface area (Å²) in [7, 11) is 0. The van der Waals surface area contributed by atoms with Crippen molar-refractivity contribution >= 4 is 17.5 Å². The lowest BCUT2D eigenvalue weighted by Crippen LogP contribution is -2.36. The fraction of sp³-hybridized carbons (Fsp3) is 0.429. The molecule has 1 unspecified atom stereocenters. The van der Waals surface area contributed by atoms with Gasteiger partial charge >= 0.3 is 0 Å². The Morgan fingerprint density at radius 1 is 1.33 bits per heavy atom. The van der Waals surface area contributed by atoms with Crippen LogP contribution < -0.4 is 10.2 Å². The highest BCUT2D eigenvalue weighted by molar-refractivity contribution is 6.07. The van der Waals surface area contributed by atoms with E-state index in [1.54, 1.807) is 4.90 Å². The number of carbonyl (C=O) groups is 2.